The van der Waals surface area contributed by atoms with Crippen molar-refractivity contribution in [2.45, 2.75) is 37.8 Å². The average Bonchev–Trinajstić information content (AvgIpc) is 2.68. The Morgan fingerprint density at radius 2 is 2.00 bits per heavy atom. The van der Waals surface area contributed by atoms with Gasteiger partial charge in [-0.2, -0.15) is 0 Å². The third-order valence-corrected chi connectivity index (χ3v) is 3.46. The molecule has 1 saturated carbocycles. The minimum absolute atomic E-state index is 0.148. The maximum Gasteiger partial charge on any atom is 0.0693 e. The van der Waals surface area contributed by atoms with E-state index in [0.717, 1.165) is 37.3 Å². The number of halogens is 1. The Morgan fingerprint density at radius 3 is 2.62 bits per heavy atom. The van der Waals surface area contributed by atoms with Gasteiger partial charge in [0, 0.05) is 11.1 Å². The molecule has 16 heavy (non-hydrogen) atoms. The summed E-state index contributed by atoms with van der Waals surface area (Å²) in [6, 6.07) is 8.24. The zero-order chi connectivity index (χ0) is 11.4. The summed E-state index contributed by atoms with van der Waals surface area (Å²) in [5, 5.41) is 13.8. The number of benzene rings is 1. The predicted molar refractivity (Wildman–Crippen MR) is 66.8 cm³/mol. The highest BCUT2D eigenvalue weighted by Gasteiger charge is 2.23. The van der Waals surface area contributed by atoms with Gasteiger partial charge in [-0.25, -0.2) is 0 Å². The third kappa shape index (κ3) is 3.21. The molecule has 1 aromatic rings. The molecule has 2 N–H and O–H groups in total. The molecule has 0 spiro atoms. The lowest BCUT2D eigenvalue weighted by Crippen LogP contribution is -2.36. The second kappa shape index (κ2) is 5.67. The first-order valence-electron chi connectivity index (χ1n) is 5.91. The van der Waals surface area contributed by atoms with Crippen molar-refractivity contribution in [1.29, 1.82) is 0 Å². The molecule has 0 aromatic heterocycles. The van der Waals surface area contributed by atoms with E-state index in [1.165, 1.54) is 5.56 Å². The Morgan fingerprint density at radius 1 is 1.25 bits per heavy atom. The largest absolute Gasteiger partial charge is 0.392 e. The summed E-state index contributed by atoms with van der Waals surface area (Å²) >= 11 is 5.82. The molecule has 0 radical (unpaired) electrons. The van der Waals surface area contributed by atoms with Crippen LogP contribution in [0.25, 0.3) is 0 Å². The minimum atomic E-state index is -0.148. The van der Waals surface area contributed by atoms with E-state index in [2.05, 4.69) is 17.4 Å². The van der Waals surface area contributed by atoms with Crippen LogP contribution in [-0.2, 0) is 6.42 Å². The van der Waals surface area contributed by atoms with Gasteiger partial charge in [0.15, 0.2) is 0 Å². The van der Waals surface area contributed by atoms with E-state index in [1.54, 1.807) is 0 Å². The maximum absolute atomic E-state index is 9.64. The summed E-state index contributed by atoms with van der Waals surface area (Å²) in [6.07, 6.45) is 4.02. The van der Waals surface area contributed by atoms with Crippen molar-refractivity contribution in [3.8, 4) is 0 Å². The van der Waals surface area contributed by atoms with E-state index < -0.39 is 0 Å². The second-order valence-electron chi connectivity index (χ2n) is 4.44. The molecule has 1 aliphatic rings. The average molecular weight is 240 g/mol. The molecule has 2 atom stereocenters. The SMILES string of the molecule is O[C@H]1CCC[C@@H]1NCCc1ccc(Cl)cc1. The van der Waals surface area contributed by atoms with Crippen LogP contribution in [0.15, 0.2) is 24.3 Å². The van der Waals surface area contributed by atoms with Crippen LogP contribution in [0, 0.1) is 0 Å². The zero-order valence-corrected chi connectivity index (χ0v) is 10.1. The summed E-state index contributed by atoms with van der Waals surface area (Å²) < 4.78 is 0. The Balaban J connectivity index is 1.73. The Kier molecular flexibility index (Phi) is 4.22. The van der Waals surface area contributed by atoms with Crippen molar-refractivity contribution in [1.82, 2.24) is 5.32 Å². The van der Waals surface area contributed by atoms with Crippen LogP contribution in [0.3, 0.4) is 0 Å². The Bertz CT molecular complexity index is 325. The van der Waals surface area contributed by atoms with Crippen LogP contribution in [-0.4, -0.2) is 23.8 Å². The van der Waals surface area contributed by atoms with Crippen molar-refractivity contribution in [2.24, 2.45) is 0 Å². The van der Waals surface area contributed by atoms with Gasteiger partial charge in [-0.3, -0.25) is 0 Å². The van der Waals surface area contributed by atoms with Crippen LogP contribution in [0.4, 0.5) is 0 Å². The fraction of sp³-hybridized carbons (Fsp3) is 0.538. The molecule has 0 unspecified atom stereocenters. The van der Waals surface area contributed by atoms with Gasteiger partial charge >= 0.3 is 0 Å². The molecular weight excluding hydrogens is 222 g/mol. The summed E-state index contributed by atoms with van der Waals surface area (Å²) in [5.41, 5.74) is 1.28. The molecule has 2 rings (SSSR count). The number of hydrogen-bond acceptors (Lipinski definition) is 2. The lowest BCUT2D eigenvalue weighted by atomic mass is 10.1. The highest BCUT2D eigenvalue weighted by molar-refractivity contribution is 6.30. The highest BCUT2D eigenvalue weighted by atomic mass is 35.5. The van der Waals surface area contributed by atoms with E-state index >= 15 is 0 Å². The maximum atomic E-state index is 9.64. The normalized spacial score (nSPS) is 24.9. The molecule has 2 nitrogen and oxygen atoms in total. The highest BCUT2D eigenvalue weighted by Crippen LogP contribution is 2.18. The van der Waals surface area contributed by atoms with Crippen LogP contribution in [0.2, 0.25) is 5.02 Å². The van der Waals surface area contributed by atoms with Gasteiger partial charge in [-0.05, 0) is 49.9 Å². The van der Waals surface area contributed by atoms with Crippen LogP contribution in [0.5, 0.6) is 0 Å². The smallest absolute Gasteiger partial charge is 0.0693 e. The monoisotopic (exact) mass is 239 g/mol. The lowest BCUT2D eigenvalue weighted by Gasteiger charge is -2.16. The molecule has 3 heteroatoms. The fourth-order valence-corrected chi connectivity index (χ4v) is 2.36. The number of rotatable bonds is 4. The van der Waals surface area contributed by atoms with Gasteiger partial charge in [-0.15, -0.1) is 0 Å². The summed E-state index contributed by atoms with van der Waals surface area (Å²) in [5.74, 6) is 0. The first-order chi connectivity index (χ1) is 7.75. The number of nitrogens with one attached hydrogen (secondary N) is 1. The lowest BCUT2D eigenvalue weighted by molar-refractivity contribution is 0.149. The Hall–Kier alpha value is -0.570. The third-order valence-electron chi connectivity index (χ3n) is 3.21. The standard InChI is InChI=1S/C13H18ClNO/c14-11-6-4-10(5-7-11)8-9-15-12-2-1-3-13(12)16/h4-7,12-13,15-16H,1-3,8-9H2/t12-,13-/m0/s1. The number of aliphatic hydroxyl groups excluding tert-OH is 1. The van der Waals surface area contributed by atoms with E-state index in [9.17, 15) is 5.11 Å². The van der Waals surface area contributed by atoms with E-state index in [4.69, 9.17) is 11.6 Å². The van der Waals surface area contributed by atoms with Gasteiger partial charge in [-0.1, -0.05) is 23.7 Å². The number of aliphatic hydroxyl groups is 1. The molecule has 0 saturated heterocycles. The van der Waals surface area contributed by atoms with Crippen molar-refractivity contribution in [3.05, 3.63) is 34.9 Å². The zero-order valence-electron chi connectivity index (χ0n) is 9.32. The summed E-state index contributed by atoms with van der Waals surface area (Å²) in [4.78, 5) is 0. The van der Waals surface area contributed by atoms with Gasteiger partial charge in [0.05, 0.1) is 6.10 Å². The van der Waals surface area contributed by atoms with Gasteiger partial charge in [0.1, 0.15) is 0 Å². The molecule has 0 heterocycles. The van der Waals surface area contributed by atoms with E-state index in [-0.39, 0.29) is 6.10 Å². The molecule has 1 fully saturated rings. The predicted octanol–water partition coefficient (Wildman–Crippen LogP) is 2.39. The van der Waals surface area contributed by atoms with Crippen molar-refractivity contribution < 1.29 is 5.11 Å². The summed E-state index contributed by atoms with van der Waals surface area (Å²) in [6.45, 7) is 0.920. The van der Waals surface area contributed by atoms with Crippen molar-refractivity contribution in [2.75, 3.05) is 6.54 Å². The molecule has 1 aliphatic carbocycles. The van der Waals surface area contributed by atoms with Crippen molar-refractivity contribution >= 4 is 11.6 Å². The van der Waals surface area contributed by atoms with E-state index in [1.807, 2.05) is 12.1 Å². The topological polar surface area (TPSA) is 32.3 Å². The second-order valence-corrected chi connectivity index (χ2v) is 4.87. The van der Waals surface area contributed by atoms with Crippen LogP contribution in [0.1, 0.15) is 24.8 Å². The minimum Gasteiger partial charge on any atom is -0.392 e. The van der Waals surface area contributed by atoms with Crippen molar-refractivity contribution in [3.63, 3.8) is 0 Å². The molecule has 1 aromatic carbocycles. The molecule has 0 amide bonds. The Labute approximate surface area is 102 Å². The van der Waals surface area contributed by atoms with Gasteiger partial charge in [0.2, 0.25) is 0 Å². The van der Waals surface area contributed by atoms with Crippen LogP contribution < -0.4 is 5.32 Å². The van der Waals surface area contributed by atoms with Gasteiger partial charge < -0.3 is 10.4 Å². The molecule has 88 valence electrons. The quantitative estimate of drug-likeness (QED) is 0.846. The van der Waals surface area contributed by atoms with E-state index in [0.29, 0.717) is 6.04 Å². The van der Waals surface area contributed by atoms with Crippen LogP contribution >= 0.6 is 11.6 Å². The first kappa shape index (κ1) is 11.9. The number of hydrogen-bond donors (Lipinski definition) is 2. The van der Waals surface area contributed by atoms with Gasteiger partial charge in [0.25, 0.3) is 0 Å². The molecular formula is C13H18ClNO. The summed E-state index contributed by atoms with van der Waals surface area (Å²) in [7, 11) is 0. The molecule has 0 bridgehead atoms. The fourth-order valence-electron chi connectivity index (χ4n) is 2.23. The molecule has 0 aliphatic heterocycles. The first-order valence-corrected chi connectivity index (χ1v) is 6.29.